The van der Waals surface area contributed by atoms with Gasteiger partial charge in [-0.2, -0.15) is 0 Å². The molecule has 0 saturated heterocycles. The number of ether oxygens (including phenoxy) is 1. The van der Waals surface area contributed by atoms with E-state index in [0.717, 1.165) is 30.6 Å². The van der Waals surface area contributed by atoms with Gasteiger partial charge in [0.15, 0.2) is 0 Å². The van der Waals surface area contributed by atoms with Gasteiger partial charge in [0.1, 0.15) is 4.21 Å². The average molecular weight is 352 g/mol. The van der Waals surface area contributed by atoms with Crippen molar-refractivity contribution in [2.24, 2.45) is 5.41 Å². The summed E-state index contributed by atoms with van der Waals surface area (Å²) < 4.78 is 27.5. The standard InChI is InChI=1S/C13H18ClNO4S2/c1-19-7-6-13(4-5-13)9-15-11(16)8-10-2-3-12(20-10)21(14,17)18/h2-3H,4-9H2,1H3,(H,15,16). The number of carbonyl (C=O) groups excluding carboxylic acids is 1. The highest BCUT2D eigenvalue weighted by molar-refractivity contribution is 8.15. The molecular weight excluding hydrogens is 334 g/mol. The Morgan fingerprint density at radius 2 is 2.19 bits per heavy atom. The lowest BCUT2D eigenvalue weighted by molar-refractivity contribution is -0.120. The number of carbonyl (C=O) groups is 1. The largest absolute Gasteiger partial charge is 0.385 e. The first-order chi connectivity index (χ1) is 9.85. The van der Waals surface area contributed by atoms with Gasteiger partial charge in [0.2, 0.25) is 5.91 Å². The highest BCUT2D eigenvalue weighted by Gasteiger charge is 2.42. The maximum atomic E-state index is 11.9. The van der Waals surface area contributed by atoms with Gasteiger partial charge in [0.05, 0.1) is 6.42 Å². The van der Waals surface area contributed by atoms with E-state index < -0.39 is 9.05 Å². The fourth-order valence-electron chi connectivity index (χ4n) is 2.10. The van der Waals surface area contributed by atoms with E-state index in [4.69, 9.17) is 15.4 Å². The lowest BCUT2D eigenvalue weighted by Gasteiger charge is -2.15. The Balaban J connectivity index is 1.81. The van der Waals surface area contributed by atoms with Crippen molar-refractivity contribution in [1.29, 1.82) is 0 Å². The topological polar surface area (TPSA) is 72.5 Å². The molecule has 1 amide bonds. The van der Waals surface area contributed by atoms with Gasteiger partial charge in [-0.15, -0.1) is 11.3 Å². The Morgan fingerprint density at radius 3 is 2.71 bits per heavy atom. The Morgan fingerprint density at radius 1 is 1.48 bits per heavy atom. The number of methoxy groups -OCH3 is 1. The molecule has 0 radical (unpaired) electrons. The summed E-state index contributed by atoms with van der Waals surface area (Å²) in [5.74, 6) is -0.0981. The van der Waals surface area contributed by atoms with E-state index in [2.05, 4.69) is 5.32 Å². The van der Waals surface area contributed by atoms with Crippen molar-refractivity contribution in [1.82, 2.24) is 5.32 Å². The Bertz CT molecular complexity index is 607. The van der Waals surface area contributed by atoms with Crippen LogP contribution in [0.5, 0.6) is 0 Å². The van der Waals surface area contributed by atoms with Crippen molar-refractivity contribution in [3.8, 4) is 0 Å². The first kappa shape index (κ1) is 16.7. The van der Waals surface area contributed by atoms with Crippen LogP contribution in [0.3, 0.4) is 0 Å². The van der Waals surface area contributed by atoms with Crippen LogP contribution in [-0.2, 0) is 25.0 Å². The normalized spacial score (nSPS) is 16.7. The molecule has 1 aromatic rings. The minimum absolute atomic E-state index is 0.0747. The van der Waals surface area contributed by atoms with Gasteiger partial charge in [0.25, 0.3) is 9.05 Å². The second kappa shape index (κ2) is 6.64. The Hall–Kier alpha value is -0.630. The van der Waals surface area contributed by atoms with Crippen LogP contribution in [0.15, 0.2) is 16.3 Å². The van der Waals surface area contributed by atoms with Crippen molar-refractivity contribution in [3.63, 3.8) is 0 Å². The van der Waals surface area contributed by atoms with Crippen LogP contribution in [0.1, 0.15) is 24.1 Å². The molecule has 1 fully saturated rings. The number of amides is 1. The molecule has 0 aliphatic heterocycles. The molecule has 0 unspecified atom stereocenters. The monoisotopic (exact) mass is 351 g/mol. The molecular formula is C13H18ClNO4S2. The van der Waals surface area contributed by atoms with Gasteiger partial charge in [0, 0.05) is 35.8 Å². The van der Waals surface area contributed by atoms with Gasteiger partial charge in [-0.25, -0.2) is 8.42 Å². The fourth-order valence-corrected chi connectivity index (χ4v) is 4.22. The van der Waals surface area contributed by atoms with E-state index in [0.29, 0.717) is 18.0 Å². The molecule has 1 aliphatic carbocycles. The SMILES string of the molecule is COCCC1(CNC(=O)Cc2ccc(S(=O)(=O)Cl)s2)CC1. The molecule has 0 spiro atoms. The summed E-state index contributed by atoms with van der Waals surface area (Å²) >= 11 is 1.03. The van der Waals surface area contributed by atoms with E-state index in [1.54, 1.807) is 13.2 Å². The molecule has 1 heterocycles. The molecule has 0 bridgehead atoms. The summed E-state index contributed by atoms with van der Waals surface area (Å²) in [5.41, 5.74) is 0.200. The van der Waals surface area contributed by atoms with Crippen molar-refractivity contribution in [2.45, 2.75) is 29.9 Å². The number of thiophene rings is 1. The molecule has 5 nitrogen and oxygen atoms in total. The molecule has 21 heavy (non-hydrogen) atoms. The third-order valence-electron chi connectivity index (χ3n) is 3.67. The maximum absolute atomic E-state index is 11.9. The minimum atomic E-state index is -3.71. The molecule has 2 rings (SSSR count). The number of hydrogen-bond acceptors (Lipinski definition) is 5. The van der Waals surface area contributed by atoms with Crippen LogP contribution in [0, 0.1) is 5.41 Å². The summed E-state index contributed by atoms with van der Waals surface area (Å²) in [6.07, 6.45) is 3.36. The average Bonchev–Trinajstić information content (AvgIpc) is 3.02. The Labute approximate surface area is 133 Å². The van der Waals surface area contributed by atoms with E-state index in [1.165, 1.54) is 6.07 Å². The molecule has 0 aromatic carbocycles. The lowest BCUT2D eigenvalue weighted by Crippen LogP contribution is -2.31. The highest BCUT2D eigenvalue weighted by atomic mass is 35.7. The van der Waals surface area contributed by atoms with Crippen molar-refractivity contribution >= 4 is 37.0 Å². The zero-order valence-corrected chi connectivity index (χ0v) is 14.1. The molecule has 118 valence electrons. The number of halogens is 1. The smallest absolute Gasteiger partial charge is 0.270 e. The third-order valence-corrected chi connectivity index (χ3v) is 6.84. The van der Waals surface area contributed by atoms with Gasteiger partial charge in [-0.3, -0.25) is 4.79 Å². The van der Waals surface area contributed by atoms with Crippen molar-refractivity contribution in [3.05, 3.63) is 17.0 Å². The van der Waals surface area contributed by atoms with Gasteiger partial charge < -0.3 is 10.1 Å². The van der Waals surface area contributed by atoms with E-state index in [9.17, 15) is 13.2 Å². The van der Waals surface area contributed by atoms with Crippen LogP contribution in [0.4, 0.5) is 0 Å². The summed E-state index contributed by atoms with van der Waals surface area (Å²) in [6, 6.07) is 3.05. The van der Waals surface area contributed by atoms with E-state index in [-0.39, 0.29) is 22.0 Å². The predicted octanol–water partition coefficient (Wildman–Crippen LogP) is 2.15. The van der Waals surface area contributed by atoms with Crippen LogP contribution >= 0.6 is 22.0 Å². The third kappa shape index (κ3) is 4.95. The zero-order valence-electron chi connectivity index (χ0n) is 11.7. The maximum Gasteiger partial charge on any atom is 0.270 e. The zero-order chi connectivity index (χ0) is 15.5. The van der Waals surface area contributed by atoms with Gasteiger partial charge in [-0.05, 0) is 36.8 Å². The summed E-state index contributed by atoms with van der Waals surface area (Å²) in [7, 11) is 3.22. The predicted molar refractivity (Wildman–Crippen MR) is 82.2 cm³/mol. The van der Waals surface area contributed by atoms with Crippen LogP contribution in [-0.4, -0.2) is 34.6 Å². The molecule has 1 aromatic heterocycles. The minimum Gasteiger partial charge on any atom is -0.385 e. The Kier molecular flexibility index (Phi) is 5.29. The second-order valence-electron chi connectivity index (χ2n) is 5.35. The summed E-state index contributed by atoms with van der Waals surface area (Å²) in [5, 5.41) is 2.92. The van der Waals surface area contributed by atoms with Crippen LogP contribution < -0.4 is 5.32 Å². The first-order valence-corrected chi connectivity index (χ1v) is 9.76. The summed E-state index contributed by atoms with van der Waals surface area (Å²) in [6.45, 7) is 1.36. The van der Waals surface area contributed by atoms with Crippen molar-refractivity contribution in [2.75, 3.05) is 20.3 Å². The summed E-state index contributed by atoms with van der Waals surface area (Å²) in [4.78, 5) is 12.6. The lowest BCUT2D eigenvalue weighted by atomic mass is 10.0. The molecule has 1 saturated carbocycles. The van der Waals surface area contributed by atoms with Gasteiger partial charge >= 0.3 is 0 Å². The highest BCUT2D eigenvalue weighted by Crippen LogP contribution is 2.48. The molecule has 8 heteroatoms. The number of nitrogens with one attached hydrogen (secondary N) is 1. The van der Waals surface area contributed by atoms with Crippen LogP contribution in [0.25, 0.3) is 0 Å². The molecule has 1 aliphatic rings. The van der Waals surface area contributed by atoms with Crippen LogP contribution in [0.2, 0.25) is 0 Å². The van der Waals surface area contributed by atoms with E-state index >= 15 is 0 Å². The van der Waals surface area contributed by atoms with E-state index in [1.807, 2.05) is 0 Å². The molecule has 0 atom stereocenters. The second-order valence-corrected chi connectivity index (χ2v) is 9.32. The number of hydrogen-bond donors (Lipinski definition) is 1. The number of rotatable bonds is 8. The first-order valence-electron chi connectivity index (χ1n) is 6.64. The molecule has 1 N–H and O–H groups in total. The quantitative estimate of drug-likeness (QED) is 0.728. The fraction of sp³-hybridized carbons (Fsp3) is 0.615. The van der Waals surface area contributed by atoms with Crippen molar-refractivity contribution < 1.29 is 17.9 Å². The van der Waals surface area contributed by atoms with Gasteiger partial charge in [-0.1, -0.05) is 0 Å².